The fourth-order valence-corrected chi connectivity index (χ4v) is 2.17. The topological polar surface area (TPSA) is 57.3 Å². The molecule has 23 heavy (non-hydrogen) atoms. The maximum atomic E-state index is 12.0. The molecule has 1 heterocycles. The lowest BCUT2D eigenvalue weighted by Gasteiger charge is -2.18. The molecule has 2 N–H and O–H groups in total. The lowest BCUT2D eigenvalue weighted by atomic mass is 10.2. The van der Waals surface area contributed by atoms with Gasteiger partial charge in [-0.15, -0.1) is 0 Å². The van der Waals surface area contributed by atoms with Gasteiger partial charge in [-0.05, 0) is 37.2 Å². The van der Waals surface area contributed by atoms with E-state index >= 15 is 0 Å². The van der Waals surface area contributed by atoms with Crippen molar-refractivity contribution in [3.8, 4) is 0 Å². The molecule has 5 nitrogen and oxygen atoms in total. The van der Waals surface area contributed by atoms with Crippen LogP contribution < -0.4 is 15.5 Å². The molecule has 0 unspecified atom stereocenters. The summed E-state index contributed by atoms with van der Waals surface area (Å²) in [6.07, 6.45) is 2.71. The molecule has 0 atom stereocenters. The second-order valence-electron chi connectivity index (χ2n) is 5.31. The predicted octanol–water partition coefficient (Wildman–Crippen LogP) is 2.58. The normalized spacial score (nSPS) is 10.3. The Hall–Kier alpha value is -2.40. The number of nitrogens with zero attached hydrogens (tertiary/aromatic N) is 2. The molecule has 0 aliphatic heterocycles. The lowest BCUT2D eigenvalue weighted by molar-refractivity contribution is 0.0953. The summed E-state index contributed by atoms with van der Waals surface area (Å²) in [6, 6.07) is 13.7. The molecule has 2 rings (SSSR count). The van der Waals surface area contributed by atoms with Gasteiger partial charge in [0.1, 0.15) is 5.82 Å². The number of amides is 1. The monoisotopic (exact) mass is 312 g/mol. The number of carbonyl (C=O) groups excluding carboxylic acids is 1. The number of pyridine rings is 1. The SMILES string of the molecule is CCCNCCNC(=O)c1ccc(N(C)c2ccccc2)nc1. The number of benzene rings is 1. The second-order valence-corrected chi connectivity index (χ2v) is 5.31. The highest BCUT2D eigenvalue weighted by atomic mass is 16.1. The minimum Gasteiger partial charge on any atom is -0.351 e. The van der Waals surface area contributed by atoms with Gasteiger partial charge in [0, 0.05) is 32.0 Å². The maximum Gasteiger partial charge on any atom is 0.252 e. The van der Waals surface area contributed by atoms with Gasteiger partial charge in [0.15, 0.2) is 0 Å². The summed E-state index contributed by atoms with van der Waals surface area (Å²) in [5.74, 6) is 0.710. The third-order valence-electron chi connectivity index (χ3n) is 3.51. The van der Waals surface area contributed by atoms with Crippen molar-refractivity contribution in [2.75, 3.05) is 31.6 Å². The van der Waals surface area contributed by atoms with E-state index in [1.165, 1.54) is 0 Å². The Balaban J connectivity index is 1.90. The van der Waals surface area contributed by atoms with Gasteiger partial charge in [-0.2, -0.15) is 0 Å². The molecule has 0 aliphatic rings. The highest BCUT2D eigenvalue weighted by Crippen LogP contribution is 2.20. The van der Waals surface area contributed by atoms with Gasteiger partial charge in [0.05, 0.1) is 5.56 Å². The van der Waals surface area contributed by atoms with E-state index in [4.69, 9.17) is 0 Å². The van der Waals surface area contributed by atoms with Crippen LogP contribution in [-0.2, 0) is 0 Å². The Morgan fingerprint density at radius 3 is 2.52 bits per heavy atom. The van der Waals surface area contributed by atoms with Crippen LogP contribution in [0.4, 0.5) is 11.5 Å². The summed E-state index contributed by atoms with van der Waals surface area (Å²) in [7, 11) is 1.96. The van der Waals surface area contributed by atoms with Crippen molar-refractivity contribution in [2.24, 2.45) is 0 Å². The highest BCUT2D eigenvalue weighted by Gasteiger charge is 2.08. The lowest BCUT2D eigenvalue weighted by Crippen LogP contribution is -2.32. The molecule has 5 heteroatoms. The van der Waals surface area contributed by atoms with Crippen LogP contribution in [0.5, 0.6) is 0 Å². The number of nitrogens with one attached hydrogen (secondary N) is 2. The number of carbonyl (C=O) groups is 1. The molecule has 1 aromatic carbocycles. The minimum absolute atomic E-state index is 0.0929. The summed E-state index contributed by atoms with van der Waals surface area (Å²) >= 11 is 0. The van der Waals surface area contributed by atoms with Crippen molar-refractivity contribution >= 4 is 17.4 Å². The first-order valence-electron chi connectivity index (χ1n) is 7.96. The largest absolute Gasteiger partial charge is 0.351 e. The second kappa shape index (κ2) is 8.90. The van der Waals surface area contributed by atoms with Crippen LogP contribution >= 0.6 is 0 Å². The van der Waals surface area contributed by atoms with E-state index < -0.39 is 0 Å². The molecule has 0 aliphatic carbocycles. The number of hydrogen-bond donors (Lipinski definition) is 2. The summed E-state index contributed by atoms with van der Waals surface area (Å²) < 4.78 is 0. The standard InChI is InChI=1S/C18H24N4O/c1-3-11-19-12-13-20-18(23)15-9-10-17(21-14-15)22(2)16-7-5-4-6-8-16/h4-10,14,19H,3,11-13H2,1-2H3,(H,20,23). The first kappa shape index (κ1) is 17.0. The summed E-state index contributed by atoms with van der Waals surface area (Å²) in [6.45, 7) is 4.48. The molecule has 1 amide bonds. The molecular weight excluding hydrogens is 288 g/mol. The smallest absolute Gasteiger partial charge is 0.252 e. The number of para-hydroxylation sites is 1. The Labute approximate surface area is 137 Å². The Morgan fingerprint density at radius 2 is 1.87 bits per heavy atom. The molecule has 0 saturated heterocycles. The average molecular weight is 312 g/mol. The van der Waals surface area contributed by atoms with Crippen molar-refractivity contribution in [2.45, 2.75) is 13.3 Å². The summed E-state index contributed by atoms with van der Waals surface area (Å²) in [5.41, 5.74) is 1.63. The van der Waals surface area contributed by atoms with E-state index in [9.17, 15) is 4.79 Å². The Kier molecular flexibility index (Phi) is 6.56. The molecule has 122 valence electrons. The van der Waals surface area contributed by atoms with Crippen LogP contribution in [0, 0.1) is 0 Å². The average Bonchev–Trinajstić information content (AvgIpc) is 2.61. The van der Waals surface area contributed by atoms with Gasteiger partial charge < -0.3 is 15.5 Å². The fraction of sp³-hybridized carbons (Fsp3) is 0.333. The number of hydrogen-bond acceptors (Lipinski definition) is 4. The molecule has 0 fully saturated rings. The summed E-state index contributed by atoms with van der Waals surface area (Å²) in [5, 5.41) is 6.13. The summed E-state index contributed by atoms with van der Waals surface area (Å²) in [4.78, 5) is 18.4. The van der Waals surface area contributed by atoms with Gasteiger partial charge in [0.2, 0.25) is 0 Å². The predicted molar refractivity (Wildman–Crippen MR) is 94.2 cm³/mol. The minimum atomic E-state index is -0.0929. The highest BCUT2D eigenvalue weighted by molar-refractivity contribution is 5.94. The zero-order chi connectivity index (χ0) is 16.5. The number of rotatable bonds is 8. The van der Waals surface area contributed by atoms with Crippen molar-refractivity contribution in [3.05, 3.63) is 54.2 Å². The van der Waals surface area contributed by atoms with Crippen molar-refractivity contribution in [1.82, 2.24) is 15.6 Å². The van der Waals surface area contributed by atoms with Crippen LogP contribution in [0.3, 0.4) is 0 Å². The first-order valence-corrected chi connectivity index (χ1v) is 7.96. The van der Waals surface area contributed by atoms with Gasteiger partial charge in [-0.3, -0.25) is 4.79 Å². The molecule has 0 radical (unpaired) electrons. The molecular formula is C18H24N4O. The van der Waals surface area contributed by atoms with Crippen LogP contribution in [-0.4, -0.2) is 37.6 Å². The third kappa shape index (κ3) is 5.07. The number of anilines is 2. The Bertz CT molecular complexity index is 598. The van der Waals surface area contributed by atoms with E-state index in [0.29, 0.717) is 12.1 Å². The van der Waals surface area contributed by atoms with Gasteiger partial charge >= 0.3 is 0 Å². The third-order valence-corrected chi connectivity index (χ3v) is 3.51. The van der Waals surface area contributed by atoms with Gasteiger partial charge in [0.25, 0.3) is 5.91 Å². The van der Waals surface area contributed by atoms with Gasteiger partial charge in [-0.1, -0.05) is 25.1 Å². The van der Waals surface area contributed by atoms with E-state index in [0.717, 1.165) is 31.0 Å². The zero-order valence-corrected chi connectivity index (χ0v) is 13.7. The first-order chi connectivity index (χ1) is 11.2. The molecule has 2 aromatic rings. The van der Waals surface area contributed by atoms with E-state index in [1.807, 2.05) is 48.3 Å². The quantitative estimate of drug-likeness (QED) is 0.736. The van der Waals surface area contributed by atoms with Crippen molar-refractivity contribution in [3.63, 3.8) is 0 Å². The fourth-order valence-electron chi connectivity index (χ4n) is 2.17. The van der Waals surface area contributed by atoms with Crippen LogP contribution in [0.1, 0.15) is 23.7 Å². The van der Waals surface area contributed by atoms with Gasteiger partial charge in [-0.25, -0.2) is 4.98 Å². The van der Waals surface area contributed by atoms with Crippen molar-refractivity contribution < 1.29 is 4.79 Å². The van der Waals surface area contributed by atoms with E-state index in [1.54, 1.807) is 12.3 Å². The molecule has 0 saturated carbocycles. The molecule has 0 bridgehead atoms. The van der Waals surface area contributed by atoms with E-state index in [-0.39, 0.29) is 5.91 Å². The van der Waals surface area contributed by atoms with Crippen LogP contribution in [0.25, 0.3) is 0 Å². The van der Waals surface area contributed by atoms with E-state index in [2.05, 4.69) is 22.5 Å². The van der Waals surface area contributed by atoms with Crippen molar-refractivity contribution in [1.29, 1.82) is 0 Å². The Morgan fingerprint density at radius 1 is 1.09 bits per heavy atom. The molecule has 0 spiro atoms. The van der Waals surface area contributed by atoms with Crippen LogP contribution in [0.15, 0.2) is 48.7 Å². The number of aromatic nitrogens is 1. The van der Waals surface area contributed by atoms with Crippen LogP contribution in [0.2, 0.25) is 0 Å². The maximum absolute atomic E-state index is 12.0. The molecule has 1 aromatic heterocycles. The zero-order valence-electron chi connectivity index (χ0n) is 13.7.